The zero-order valence-corrected chi connectivity index (χ0v) is 25.3. The number of hydrogen-bond donors (Lipinski definition) is 1. The Labute approximate surface area is 247 Å². The third-order valence-electron chi connectivity index (χ3n) is 10.4. The molecule has 0 radical (unpaired) electrons. The third kappa shape index (κ3) is 4.87. The molecule has 218 valence electrons. The summed E-state index contributed by atoms with van der Waals surface area (Å²) in [5, 5.41) is 1.53. The summed E-state index contributed by atoms with van der Waals surface area (Å²) in [7, 11) is -4.53. The molecule has 2 saturated heterocycles. The van der Waals surface area contributed by atoms with Crippen molar-refractivity contribution in [3.8, 4) is 0 Å². The summed E-state index contributed by atoms with van der Waals surface area (Å²) >= 11 is 6.31. The Kier molecular flexibility index (Phi) is 6.88. The monoisotopic (exact) mass is 597 g/mol. The second kappa shape index (κ2) is 10.1. The van der Waals surface area contributed by atoms with E-state index in [4.69, 9.17) is 30.1 Å². The fourth-order valence-corrected chi connectivity index (χ4v) is 9.58. The fourth-order valence-electron chi connectivity index (χ4n) is 7.99. The first-order valence-corrected chi connectivity index (χ1v) is 16.7. The lowest BCUT2D eigenvalue weighted by molar-refractivity contribution is -0.199. The number of halogens is 1. The minimum atomic E-state index is -3.81. The van der Waals surface area contributed by atoms with Gasteiger partial charge in [-0.05, 0) is 91.2 Å². The maximum atomic E-state index is 13.9. The second-order valence-electron chi connectivity index (χ2n) is 13.1. The summed E-state index contributed by atoms with van der Waals surface area (Å²) in [6, 6.07) is 13.2. The first-order chi connectivity index (χ1) is 19.5. The van der Waals surface area contributed by atoms with E-state index in [0.29, 0.717) is 35.4 Å². The van der Waals surface area contributed by atoms with Crippen LogP contribution in [-0.4, -0.2) is 39.8 Å². The molecule has 8 rings (SSSR count). The molecule has 41 heavy (non-hydrogen) atoms. The predicted molar refractivity (Wildman–Crippen MR) is 159 cm³/mol. The van der Waals surface area contributed by atoms with Gasteiger partial charge in [-0.25, -0.2) is 13.1 Å². The number of furan rings is 1. The molecular formula is C31H37BClNO6S. The van der Waals surface area contributed by atoms with Gasteiger partial charge in [0.15, 0.2) is 0 Å². The normalized spacial score (nSPS) is 31.3. The van der Waals surface area contributed by atoms with Gasteiger partial charge < -0.3 is 18.5 Å². The number of hydrogen-bond acceptors (Lipinski definition) is 6. The highest BCUT2D eigenvalue weighted by molar-refractivity contribution is 7.88. The van der Waals surface area contributed by atoms with Crippen molar-refractivity contribution in [2.24, 2.45) is 17.3 Å². The Morgan fingerprint density at radius 1 is 1.12 bits per heavy atom. The number of nitrogens with one attached hydrogen (secondary N) is 1. The molecule has 3 saturated carbocycles. The molecule has 3 aliphatic carbocycles. The Morgan fingerprint density at radius 2 is 1.95 bits per heavy atom. The van der Waals surface area contributed by atoms with E-state index in [2.05, 4.69) is 25.5 Å². The summed E-state index contributed by atoms with van der Waals surface area (Å²) < 4.78 is 55.8. The Hall–Kier alpha value is -1.88. The summed E-state index contributed by atoms with van der Waals surface area (Å²) in [6.45, 7) is 7.45. The van der Waals surface area contributed by atoms with Crippen LogP contribution in [0.4, 0.5) is 0 Å². The topological polar surface area (TPSA) is 87.0 Å². The number of sulfonamides is 1. The molecule has 10 heteroatoms. The van der Waals surface area contributed by atoms with E-state index in [9.17, 15) is 8.42 Å². The molecule has 7 nitrogen and oxygen atoms in total. The molecule has 3 heterocycles. The molecule has 0 spiro atoms. The van der Waals surface area contributed by atoms with Crippen LogP contribution in [-0.2, 0) is 36.2 Å². The minimum Gasteiger partial charge on any atom is -0.464 e. The van der Waals surface area contributed by atoms with Crippen LogP contribution in [0.1, 0.15) is 69.2 Å². The van der Waals surface area contributed by atoms with Crippen molar-refractivity contribution in [1.29, 1.82) is 0 Å². The summed E-state index contributed by atoms with van der Waals surface area (Å²) in [5.74, 6) is 0.149. The summed E-state index contributed by atoms with van der Waals surface area (Å²) in [5.41, 5.74) is 2.95. The van der Waals surface area contributed by atoms with Gasteiger partial charge in [-0.2, -0.15) is 0 Å². The van der Waals surface area contributed by atoms with Crippen LogP contribution in [0, 0.1) is 17.3 Å². The van der Waals surface area contributed by atoms with Crippen LogP contribution in [0.15, 0.2) is 53.1 Å². The van der Waals surface area contributed by atoms with Crippen LogP contribution in [0.25, 0.3) is 11.0 Å². The van der Waals surface area contributed by atoms with Crippen molar-refractivity contribution in [2.45, 2.75) is 82.4 Å². The molecule has 3 aromatic rings. The molecule has 0 amide bonds. The Balaban J connectivity index is 1.18. The zero-order valence-electron chi connectivity index (χ0n) is 23.8. The van der Waals surface area contributed by atoms with Crippen molar-refractivity contribution >= 4 is 39.7 Å². The highest BCUT2D eigenvalue weighted by Gasteiger charge is 2.68. The molecule has 2 aromatic carbocycles. The van der Waals surface area contributed by atoms with Crippen molar-refractivity contribution in [3.63, 3.8) is 0 Å². The molecule has 2 aliphatic heterocycles. The van der Waals surface area contributed by atoms with Crippen molar-refractivity contribution in [1.82, 2.24) is 4.72 Å². The molecule has 1 N–H and O–H groups in total. The largest absolute Gasteiger partial charge is 0.477 e. The van der Waals surface area contributed by atoms with E-state index >= 15 is 0 Å². The maximum absolute atomic E-state index is 13.9. The minimum absolute atomic E-state index is 0.0558. The molecule has 1 aromatic heterocycles. The van der Waals surface area contributed by atoms with Gasteiger partial charge >= 0.3 is 7.12 Å². The SMILES string of the molecule is CC1(C)[C@@H]2C[C@H]3OB([C@H](Cc4coc5ccccc45)NS(=O)(=O)Cc4ccc(Cl)cc4C4CCCO4)O[C@@]3(C)[C@H]1C2. The van der Waals surface area contributed by atoms with E-state index in [0.717, 1.165) is 47.8 Å². The molecule has 6 atom stereocenters. The maximum Gasteiger partial charge on any atom is 0.477 e. The average Bonchev–Trinajstić information content (AvgIpc) is 3.67. The van der Waals surface area contributed by atoms with Crippen LogP contribution in [0.2, 0.25) is 5.02 Å². The van der Waals surface area contributed by atoms with Gasteiger partial charge in [0, 0.05) is 17.0 Å². The standard InChI is InChI=1S/C31H37BClNO6S/c1-30(2)21-14-27(30)31(3)28(15-21)39-32(40-31)29(13-20-17-38-25-8-5-4-7-23(20)25)34-41(35,36)18-19-10-11-22(33)16-24(19)26-9-6-12-37-26/h4-5,7-8,10-11,16-17,21,26-29,34H,6,9,12-15,18H2,1-3H3/t21-,26?,27-,28+,29-,31-/m0/s1. The highest BCUT2D eigenvalue weighted by atomic mass is 35.5. The van der Waals surface area contributed by atoms with Crippen LogP contribution in [0.3, 0.4) is 0 Å². The lowest BCUT2D eigenvalue weighted by Crippen LogP contribution is -2.65. The van der Waals surface area contributed by atoms with Crippen molar-refractivity contribution in [2.75, 3.05) is 6.61 Å². The van der Waals surface area contributed by atoms with E-state index in [-0.39, 0.29) is 23.4 Å². The van der Waals surface area contributed by atoms with Crippen LogP contribution >= 0.6 is 11.6 Å². The van der Waals surface area contributed by atoms with Gasteiger partial charge in [-0.1, -0.05) is 49.7 Å². The van der Waals surface area contributed by atoms with Gasteiger partial charge in [0.1, 0.15) is 5.58 Å². The first-order valence-electron chi connectivity index (χ1n) is 14.7. The number of ether oxygens (including phenoxy) is 1. The molecule has 1 unspecified atom stereocenters. The number of para-hydroxylation sites is 1. The van der Waals surface area contributed by atoms with Gasteiger partial charge in [-0.15, -0.1) is 0 Å². The van der Waals surface area contributed by atoms with Gasteiger partial charge in [0.2, 0.25) is 10.0 Å². The average molecular weight is 598 g/mol. The third-order valence-corrected chi connectivity index (χ3v) is 11.9. The number of rotatable bonds is 8. The molecule has 2 bridgehead atoms. The smallest absolute Gasteiger partial charge is 0.464 e. The summed E-state index contributed by atoms with van der Waals surface area (Å²) in [6.07, 6.45) is 5.73. The molecule has 5 aliphatic rings. The molecule has 5 fully saturated rings. The predicted octanol–water partition coefficient (Wildman–Crippen LogP) is 6.24. The first kappa shape index (κ1) is 27.9. The van der Waals surface area contributed by atoms with Crippen LogP contribution in [0.5, 0.6) is 0 Å². The highest BCUT2D eigenvalue weighted by Crippen LogP contribution is 2.65. The zero-order chi connectivity index (χ0) is 28.6. The fraction of sp³-hybridized carbons (Fsp3) is 0.548. The van der Waals surface area contributed by atoms with Crippen molar-refractivity contribution in [3.05, 3.63) is 70.4 Å². The van der Waals surface area contributed by atoms with Gasteiger partial charge in [0.25, 0.3) is 0 Å². The van der Waals surface area contributed by atoms with E-state index in [1.165, 1.54) is 0 Å². The Bertz CT molecular complexity index is 1570. The van der Waals surface area contributed by atoms with E-state index in [1.807, 2.05) is 30.3 Å². The molecular weight excluding hydrogens is 561 g/mol. The lowest BCUT2D eigenvalue weighted by atomic mass is 9.43. The van der Waals surface area contributed by atoms with Gasteiger partial charge in [0.05, 0.1) is 35.8 Å². The van der Waals surface area contributed by atoms with Gasteiger partial charge in [-0.3, -0.25) is 0 Å². The summed E-state index contributed by atoms with van der Waals surface area (Å²) in [4.78, 5) is 0. The quantitative estimate of drug-likeness (QED) is 0.310. The second-order valence-corrected chi connectivity index (χ2v) is 15.3. The van der Waals surface area contributed by atoms with E-state index < -0.39 is 28.7 Å². The number of fused-ring (bicyclic) bond motifs is 1. The Morgan fingerprint density at radius 3 is 2.73 bits per heavy atom. The van der Waals surface area contributed by atoms with Crippen molar-refractivity contribution < 1.29 is 26.9 Å². The van der Waals surface area contributed by atoms with Crippen LogP contribution < -0.4 is 4.72 Å². The number of benzene rings is 2. The van der Waals surface area contributed by atoms with E-state index in [1.54, 1.807) is 18.4 Å². The lowest BCUT2D eigenvalue weighted by Gasteiger charge is -2.64.